The second-order valence-electron chi connectivity index (χ2n) is 9.25. The minimum Gasteiger partial charge on any atom is -0.456 e. The number of tetrazole rings is 1. The molecule has 33 heavy (non-hydrogen) atoms. The topological polar surface area (TPSA) is 128 Å². The summed E-state index contributed by atoms with van der Waals surface area (Å²) in [6, 6.07) is 0.343. The summed E-state index contributed by atoms with van der Waals surface area (Å²) in [5.74, 6) is 0.420. The quantitative estimate of drug-likeness (QED) is 0.670. The van der Waals surface area contributed by atoms with Crippen LogP contribution in [-0.2, 0) is 14.3 Å². The van der Waals surface area contributed by atoms with Crippen LogP contribution in [0.4, 0.5) is 0 Å². The Morgan fingerprint density at radius 2 is 2.00 bits per heavy atom. The van der Waals surface area contributed by atoms with E-state index in [1.165, 1.54) is 11.0 Å². The van der Waals surface area contributed by atoms with E-state index in [9.17, 15) is 9.59 Å². The first-order chi connectivity index (χ1) is 15.9. The summed E-state index contributed by atoms with van der Waals surface area (Å²) in [5.41, 5.74) is 2.71. The zero-order chi connectivity index (χ0) is 23.2. The molecular weight excluding hydrogens is 424 g/mol. The van der Waals surface area contributed by atoms with Crippen LogP contribution in [0.2, 0.25) is 0 Å². The van der Waals surface area contributed by atoms with E-state index < -0.39 is 0 Å². The SMILES string of the molecule is CC1=C(N2CCC3(CCC(NC(C)c4ncc(-n5cnnn5)nc4C)CC3)C2=O)COC1=O. The number of cyclic esters (lactones) is 1. The molecule has 2 aromatic heterocycles. The summed E-state index contributed by atoms with van der Waals surface area (Å²) >= 11 is 0. The molecule has 2 fully saturated rings. The zero-order valence-corrected chi connectivity index (χ0v) is 19.1. The van der Waals surface area contributed by atoms with Crippen molar-refractivity contribution in [2.75, 3.05) is 13.2 Å². The molecule has 1 saturated heterocycles. The molecule has 1 aliphatic carbocycles. The fourth-order valence-electron chi connectivity index (χ4n) is 5.34. The number of nitrogens with one attached hydrogen (secondary N) is 1. The van der Waals surface area contributed by atoms with Gasteiger partial charge in [0.05, 0.1) is 34.3 Å². The number of carbonyl (C=O) groups is 2. The fourth-order valence-corrected chi connectivity index (χ4v) is 5.34. The van der Waals surface area contributed by atoms with Gasteiger partial charge in [-0.1, -0.05) is 0 Å². The highest BCUT2D eigenvalue weighted by molar-refractivity contribution is 5.94. The van der Waals surface area contributed by atoms with Crippen LogP contribution in [0.15, 0.2) is 23.8 Å². The van der Waals surface area contributed by atoms with Gasteiger partial charge in [-0.3, -0.25) is 9.78 Å². The predicted octanol–water partition coefficient (Wildman–Crippen LogP) is 1.40. The van der Waals surface area contributed by atoms with Gasteiger partial charge in [-0.15, -0.1) is 5.10 Å². The Bertz CT molecular complexity index is 1100. The van der Waals surface area contributed by atoms with Crippen molar-refractivity contribution < 1.29 is 14.3 Å². The highest BCUT2D eigenvalue weighted by atomic mass is 16.5. The molecule has 1 atom stereocenters. The molecule has 1 amide bonds. The summed E-state index contributed by atoms with van der Waals surface area (Å²) in [7, 11) is 0. The van der Waals surface area contributed by atoms with Crippen molar-refractivity contribution in [1.82, 2.24) is 40.4 Å². The monoisotopic (exact) mass is 452 g/mol. The first kappa shape index (κ1) is 21.6. The van der Waals surface area contributed by atoms with E-state index in [0.717, 1.165) is 49.2 Å². The standard InChI is InChI=1S/C22H28N8O3/c1-13-17(11-33-20(13)31)29-9-8-22(21(29)32)6-4-16(5-7-22)25-14(2)19-15(3)26-18(10-23-19)30-12-24-27-28-30/h10,12,14,16,25H,4-9,11H2,1-3H3. The summed E-state index contributed by atoms with van der Waals surface area (Å²) < 4.78 is 6.60. The summed E-state index contributed by atoms with van der Waals surface area (Å²) in [4.78, 5) is 36.0. The molecule has 0 bridgehead atoms. The molecule has 5 rings (SSSR count). The van der Waals surface area contributed by atoms with Gasteiger partial charge in [-0.05, 0) is 63.3 Å². The highest BCUT2D eigenvalue weighted by Crippen LogP contribution is 2.46. The van der Waals surface area contributed by atoms with Crippen LogP contribution >= 0.6 is 0 Å². The van der Waals surface area contributed by atoms with Crippen LogP contribution < -0.4 is 5.32 Å². The maximum atomic E-state index is 13.3. The summed E-state index contributed by atoms with van der Waals surface area (Å²) in [6.45, 7) is 6.64. The molecule has 1 unspecified atom stereocenters. The largest absolute Gasteiger partial charge is 0.456 e. The van der Waals surface area contributed by atoms with Crippen LogP contribution in [0.5, 0.6) is 0 Å². The Labute approximate surface area is 191 Å². The third-order valence-electron chi connectivity index (χ3n) is 7.31. The summed E-state index contributed by atoms with van der Waals surface area (Å²) in [5, 5.41) is 14.8. The van der Waals surface area contributed by atoms with Crippen LogP contribution in [0.25, 0.3) is 5.82 Å². The average molecular weight is 453 g/mol. The number of aryl methyl sites for hydroxylation is 1. The Balaban J connectivity index is 1.21. The molecule has 4 heterocycles. The van der Waals surface area contributed by atoms with E-state index in [1.807, 2.05) is 6.92 Å². The lowest BCUT2D eigenvalue weighted by Gasteiger charge is -2.37. The van der Waals surface area contributed by atoms with Crippen molar-refractivity contribution in [3.63, 3.8) is 0 Å². The lowest BCUT2D eigenvalue weighted by molar-refractivity contribution is -0.138. The second kappa shape index (κ2) is 8.29. The van der Waals surface area contributed by atoms with Crippen molar-refractivity contribution in [2.45, 2.75) is 65.0 Å². The molecular formula is C22H28N8O3. The highest BCUT2D eigenvalue weighted by Gasteiger charge is 2.50. The molecule has 2 aromatic rings. The van der Waals surface area contributed by atoms with Crippen LogP contribution in [0.1, 0.15) is 63.4 Å². The Kier molecular flexibility index (Phi) is 5.43. The molecule has 1 N–H and O–H groups in total. The number of likely N-dealkylation sites (tertiary alicyclic amines) is 1. The number of aromatic nitrogens is 6. The smallest absolute Gasteiger partial charge is 0.336 e. The number of hydrogen-bond donors (Lipinski definition) is 1. The van der Waals surface area contributed by atoms with E-state index in [2.05, 4.69) is 37.7 Å². The van der Waals surface area contributed by atoms with Crippen molar-refractivity contribution in [3.8, 4) is 5.82 Å². The van der Waals surface area contributed by atoms with Crippen molar-refractivity contribution in [2.24, 2.45) is 5.41 Å². The average Bonchev–Trinajstić information content (AvgIpc) is 3.53. The van der Waals surface area contributed by atoms with Gasteiger partial charge in [0.1, 0.15) is 12.9 Å². The molecule has 3 aliphatic rings. The van der Waals surface area contributed by atoms with Gasteiger partial charge in [-0.2, -0.15) is 4.68 Å². The number of carbonyl (C=O) groups excluding carboxylic acids is 2. The lowest BCUT2D eigenvalue weighted by atomic mass is 9.71. The van der Waals surface area contributed by atoms with Gasteiger partial charge in [0.25, 0.3) is 0 Å². The molecule has 1 saturated carbocycles. The van der Waals surface area contributed by atoms with E-state index in [0.29, 0.717) is 24.0 Å². The van der Waals surface area contributed by atoms with Gasteiger partial charge >= 0.3 is 5.97 Å². The number of hydrogen-bond acceptors (Lipinski definition) is 9. The van der Waals surface area contributed by atoms with E-state index in [-0.39, 0.29) is 29.9 Å². The molecule has 11 heteroatoms. The Morgan fingerprint density at radius 3 is 2.64 bits per heavy atom. The van der Waals surface area contributed by atoms with Crippen LogP contribution in [-0.4, -0.2) is 66.1 Å². The van der Waals surface area contributed by atoms with E-state index >= 15 is 0 Å². The predicted molar refractivity (Wildman–Crippen MR) is 116 cm³/mol. The minimum atomic E-state index is -0.316. The lowest BCUT2D eigenvalue weighted by Crippen LogP contribution is -2.43. The van der Waals surface area contributed by atoms with Gasteiger partial charge in [0.15, 0.2) is 5.82 Å². The Hall–Kier alpha value is -3.21. The number of rotatable bonds is 5. The fraction of sp³-hybridized carbons (Fsp3) is 0.591. The zero-order valence-electron chi connectivity index (χ0n) is 19.1. The van der Waals surface area contributed by atoms with Crippen molar-refractivity contribution in [1.29, 1.82) is 0 Å². The third-order valence-corrected chi connectivity index (χ3v) is 7.31. The molecule has 0 aromatic carbocycles. The number of ether oxygens (including phenoxy) is 1. The maximum absolute atomic E-state index is 13.3. The maximum Gasteiger partial charge on any atom is 0.336 e. The Morgan fingerprint density at radius 1 is 1.21 bits per heavy atom. The second-order valence-corrected chi connectivity index (χ2v) is 9.25. The molecule has 11 nitrogen and oxygen atoms in total. The first-order valence-electron chi connectivity index (χ1n) is 11.4. The summed E-state index contributed by atoms with van der Waals surface area (Å²) in [6.07, 6.45) is 7.53. The number of esters is 1. The van der Waals surface area contributed by atoms with E-state index in [4.69, 9.17) is 4.74 Å². The molecule has 174 valence electrons. The molecule has 2 aliphatic heterocycles. The van der Waals surface area contributed by atoms with Gasteiger partial charge in [0, 0.05) is 18.6 Å². The normalized spacial score (nSPS) is 26.4. The van der Waals surface area contributed by atoms with Crippen LogP contribution in [0.3, 0.4) is 0 Å². The minimum absolute atomic E-state index is 0.0321. The number of amides is 1. The first-order valence-corrected chi connectivity index (χ1v) is 11.4. The van der Waals surface area contributed by atoms with E-state index in [1.54, 1.807) is 18.0 Å². The van der Waals surface area contributed by atoms with Crippen LogP contribution in [0, 0.1) is 12.3 Å². The van der Waals surface area contributed by atoms with Gasteiger partial charge in [-0.25, -0.2) is 9.78 Å². The number of nitrogens with zero attached hydrogens (tertiary/aromatic N) is 7. The molecule has 0 radical (unpaired) electrons. The van der Waals surface area contributed by atoms with Crippen molar-refractivity contribution in [3.05, 3.63) is 35.2 Å². The third kappa shape index (κ3) is 3.79. The van der Waals surface area contributed by atoms with Crippen molar-refractivity contribution >= 4 is 11.9 Å². The van der Waals surface area contributed by atoms with Gasteiger partial charge in [0.2, 0.25) is 5.91 Å². The molecule has 1 spiro atoms. The van der Waals surface area contributed by atoms with Gasteiger partial charge < -0.3 is 15.0 Å².